The summed E-state index contributed by atoms with van der Waals surface area (Å²) >= 11 is 0. The van der Waals surface area contributed by atoms with E-state index in [1.807, 2.05) is 36.4 Å². The summed E-state index contributed by atoms with van der Waals surface area (Å²) in [5, 5.41) is 9.48. The second-order valence-electron chi connectivity index (χ2n) is 5.02. The number of carbonyl (C=O) groups is 1. The summed E-state index contributed by atoms with van der Waals surface area (Å²) in [6, 6.07) is 11.3. The number of carboxylic acids is 1. The first-order valence-corrected chi connectivity index (χ1v) is 6.73. The third-order valence-corrected chi connectivity index (χ3v) is 3.96. The molecule has 0 amide bonds. The van der Waals surface area contributed by atoms with Crippen LogP contribution in [0.25, 0.3) is 11.1 Å². The molecule has 0 fully saturated rings. The highest BCUT2D eigenvalue weighted by atomic mass is 16.5. The molecular formula is C17H16O4. The molecule has 1 aliphatic carbocycles. The van der Waals surface area contributed by atoms with Crippen molar-refractivity contribution in [2.75, 3.05) is 14.2 Å². The molecule has 0 bridgehead atoms. The van der Waals surface area contributed by atoms with E-state index in [2.05, 4.69) is 0 Å². The maximum Gasteiger partial charge on any atom is 0.311 e. The normalized spacial score (nSPS) is 15.8. The molecule has 0 aromatic heterocycles. The van der Waals surface area contributed by atoms with Crippen molar-refractivity contribution in [2.24, 2.45) is 0 Å². The molecule has 108 valence electrons. The molecule has 1 N–H and O–H groups in total. The van der Waals surface area contributed by atoms with Crippen molar-refractivity contribution in [3.63, 3.8) is 0 Å². The number of carboxylic acid groups (broad SMARTS) is 1. The number of hydrogen-bond acceptors (Lipinski definition) is 3. The van der Waals surface area contributed by atoms with E-state index in [0.29, 0.717) is 17.9 Å². The Hall–Kier alpha value is -2.49. The minimum atomic E-state index is -0.803. The summed E-state index contributed by atoms with van der Waals surface area (Å²) in [4.78, 5) is 11.5. The molecule has 0 spiro atoms. The Kier molecular flexibility index (Phi) is 3.29. The van der Waals surface area contributed by atoms with Crippen LogP contribution in [0, 0.1) is 0 Å². The molecule has 0 saturated heterocycles. The second kappa shape index (κ2) is 5.13. The molecule has 21 heavy (non-hydrogen) atoms. The van der Waals surface area contributed by atoms with Crippen molar-refractivity contribution in [2.45, 2.75) is 12.3 Å². The number of hydrogen-bond donors (Lipinski definition) is 1. The van der Waals surface area contributed by atoms with Gasteiger partial charge in [0.25, 0.3) is 0 Å². The van der Waals surface area contributed by atoms with Crippen LogP contribution in [-0.2, 0) is 11.2 Å². The van der Waals surface area contributed by atoms with Gasteiger partial charge in [0.05, 0.1) is 20.1 Å². The van der Waals surface area contributed by atoms with E-state index in [0.717, 1.165) is 22.3 Å². The molecule has 0 heterocycles. The lowest BCUT2D eigenvalue weighted by Crippen LogP contribution is -2.19. The molecule has 0 radical (unpaired) electrons. The maximum atomic E-state index is 11.5. The van der Waals surface area contributed by atoms with Gasteiger partial charge in [-0.1, -0.05) is 30.3 Å². The van der Waals surface area contributed by atoms with Crippen LogP contribution >= 0.6 is 0 Å². The van der Waals surface area contributed by atoms with E-state index in [9.17, 15) is 9.90 Å². The summed E-state index contributed by atoms with van der Waals surface area (Å²) in [5.74, 6) is -0.0131. The Labute approximate surface area is 122 Å². The molecule has 0 unspecified atom stereocenters. The highest BCUT2D eigenvalue weighted by molar-refractivity contribution is 5.88. The van der Waals surface area contributed by atoms with Crippen molar-refractivity contribution < 1.29 is 19.4 Å². The Morgan fingerprint density at radius 1 is 1.14 bits per heavy atom. The van der Waals surface area contributed by atoms with Crippen molar-refractivity contribution in [1.29, 1.82) is 0 Å². The van der Waals surface area contributed by atoms with Crippen molar-refractivity contribution >= 4 is 5.97 Å². The highest BCUT2D eigenvalue weighted by Crippen LogP contribution is 2.47. The number of ether oxygens (including phenoxy) is 2. The van der Waals surface area contributed by atoms with Gasteiger partial charge in [-0.25, -0.2) is 0 Å². The van der Waals surface area contributed by atoms with Gasteiger partial charge in [0, 0.05) is 5.56 Å². The minimum Gasteiger partial charge on any atom is -0.493 e. The predicted molar refractivity (Wildman–Crippen MR) is 79.1 cm³/mol. The summed E-state index contributed by atoms with van der Waals surface area (Å²) < 4.78 is 10.9. The van der Waals surface area contributed by atoms with Gasteiger partial charge in [-0.3, -0.25) is 4.79 Å². The molecule has 4 heteroatoms. The molecule has 0 saturated carbocycles. The SMILES string of the molecule is COc1ccc2c(c1OC)-c1ccccc1[C@@H](C(=O)O)C2. The fourth-order valence-corrected chi connectivity index (χ4v) is 3.01. The van der Waals surface area contributed by atoms with Crippen molar-refractivity contribution in [1.82, 2.24) is 0 Å². The Morgan fingerprint density at radius 2 is 1.90 bits per heavy atom. The minimum absolute atomic E-state index is 0.460. The first-order valence-electron chi connectivity index (χ1n) is 6.73. The van der Waals surface area contributed by atoms with Gasteiger partial charge in [-0.05, 0) is 29.2 Å². The second-order valence-corrected chi connectivity index (χ2v) is 5.02. The third-order valence-electron chi connectivity index (χ3n) is 3.96. The van der Waals surface area contributed by atoms with Crippen LogP contribution in [0.5, 0.6) is 11.5 Å². The van der Waals surface area contributed by atoms with Crippen molar-refractivity contribution in [3.05, 3.63) is 47.5 Å². The average molecular weight is 284 g/mol. The lowest BCUT2D eigenvalue weighted by Gasteiger charge is -2.27. The van der Waals surface area contributed by atoms with Crippen LogP contribution in [0.15, 0.2) is 36.4 Å². The fourth-order valence-electron chi connectivity index (χ4n) is 3.01. The molecule has 1 aliphatic rings. The van der Waals surface area contributed by atoms with E-state index in [4.69, 9.17) is 9.47 Å². The Bertz CT molecular complexity index is 706. The van der Waals surface area contributed by atoms with E-state index < -0.39 is 11.9 Å². The molecule has 2 aromatic carbocycles. The quantitative estimate of drug-likeness (QED) is 0.941. The average Bonchev–Trinajstić information content (AvgIpc) is 2.52. The predicted octanol–water partition coefficient (Wildman–Crippen LogP) is 3.10. The number of fused-ring (bicyclic) bond motifs is 3. The number of benzene rings is 2. The lowest BCUT2D eigenvalue weighted by atomic mass is 9.78. The maximum absolute atomic E-state index is 11.5. The van der Waals surface area contributed by atoms with Crippen LogP contribution in [0.2, 0.25) is 0 Å². The van der Waals surface area contributed by atoms with Gasteiger partial charge in [0.15, 0.2) is 11.5 Å². The van der Waals surface area contributed by atoms with Crippen LogP contribution in [0.1, 0.15) is 17.0 Å². The summed E-state index contributed by atoms with van der Waals surface area (Å²) in [6.07, 6.45) is 0.460. The van der Waals surface area contributed by atoms with E-state index >= 15 is 0 Å². The van der Waals surface area contributed by atoms with Crippen LogP contribution < -0.4 is 9.47 Å². The number of rotatable bonds is 3. The topological polar surface area (TPSA) is 55.8 Å². The zero-order valence-electron chi connectivity index (χ0n) is 11.9. The van der Waals surface area contributed by atoms with Crippen LogP contribution in [-0.4, -0.2) is 25.3 Å². The van der Waals surface area contributed by atoms with Gasteiger partial charge in [0.2, 0.25) is 0 Å². The van der Waals surface area contributed by atoms with E-state index in [1.54, 1.807) is 14.2 Å². The van der Waals surface area contributed by atoms with Crippen LogP contribution in [0.3, 0.4) is 0 Å². The molecule has 2 aromatic rings. The zero-order valence-corrected chi connectivity index (χ0v) is 11.9. The highest BCUT2D eigenvalue weighted by Gasteiger charge is 2.32. The van der Waals surface area contributed by atoms with E-state index in [-0.39, 0.29) is 0 Å². The van der Waals surface area contributed by atoms with Gasteiger partial charge >= 0.3 is 5.97 Å². The zero-order chi connectivity index (χ0) is 15.0. The standard InChI is InChI=1S/C17H16O4/c1-20-14-8-7-10-9-13(17(18)19)11-5-3-4-6-12(11)15(10)16(14)21-2/h3-8,13H,9H2,1-2H3,(H,18,19)/t13-/m0/s1. The Morgan fingerprint density at radius 3 is 2.57 bits per heavy atom. The third kappa shape index (κ3) is 2.03. The van der Waals surface area contributed by atoms with Gasteiger partial charge < -0.3 is 14.6 Å². The van der Waals surface area contributed by atoms with Crippen LogP contribution in [0.4, 0.5) is 0 Å². The smallest absolute Gasteiger partial charge is 0.311 e. The number of methoxy groups -OCH3 is 2. The van der Waals surface area contributed by atoms with Gasteiger partial charge in [-0.2, -0.15) is 0 Å². The number of aliphatic carboxylic acids is 1. The monoisotopic (exact) mass is 284 g/mol. The first kappa shape index (κ1) is 13.5. The summed E-state index contributed by atoms with van der Waals surface area (Å²) in [5.41, 5.74) is 3.63. The van der Waals surface area contributed by atoms with Crippen molar-refractivity contribution in [3.8, 4) is 22.6 Å². The molecular weight excluding hydrogens is 268 g/mol. The molecule has 1 atom stereocenters. The molecule has 3 rings (SSSR count). The fraction of sp³-hybridized carbons (Fsp3) is 0.235. The first-order chi connectivity index (χ1) is 10.2. The Balaban J connectivity index is 2.30. The largest absolute Gasteiger partial charge is 0.493 e. The molecule has 0 aliphatic heterocycles. The summed E-state index contributed by atoms with van der Waals surface area (Å²) in [7, 11) is 3.20. The lowest BCUT2D eigenvalue weighted by molar-refractivity contribution is -0.138. The molecule has 4 nitrogen and oxygen atoms in total. The van der Waals surface area contributed by atoms with E-state index in [1.165, 1.54) is 0 Å². The summed E-state index contributed by atoms with van der Waals surface area (Å²) in [6.45, 7) is 0. The van der Waals surface area contributed by atoms with Gasteiger partial charge in [-0.15, -0.1) is 0 Å². The van der Waals surface area contributed by atoms with Gasteiger partial charge in [0.1, 0.15) is 0 Å².